The van der Waals surface area contributed by atoms with Gasteiger partial charge in [-0.05, 0) is 12.1 Å². The van der Waals surface area contributed by atoms with Crippen molar-refractivity contribution in [2.75, 3.05) is 0 Å². The lowest BCUT2D eigenvalue weighted by molar-refractivity contribution is -0.150. The lowest BCUT2D eigenvalue weighted by Gasteiger charge is -1.80. The van der Waals surface area contributed by atoms with Gasteiger partial charge < -0.3 is 9.15 Å². The molecule has 2 rings (SSSR count). The van der Waals surface area contributed by atoms with Crippen molar-refractivity contribution in [3.8, 4) is 0 Å². The Morgan fingerprint density at radius 3 is 2.00 bits per heavy atom. The van der Waals surface area contributed by atoms with Gasteiger partial charge in [0.05, 0.1) is 6.26 Å². The maximum Gasteiger partial charge on any atom is 0.338 e. The molecule has 0 unspecified atom stereocenters. The smallest absolute Gasteiger partial charge is 0.338 e. The molecular weight excluding hydrogens is 188 g/mol. The summed E-state index contributed by atoms with van der Waals surface area (Å²) in [4.78, 5) is 29.6. The number of ether oxygens (including phenoxy) is 1. The minimum atomic E-state index is -0.579. The molecule has 0 fully saturated rings. The molecule has 0 aliphatic carbocycles. The molecule has 0 bridgehead atoms. The summed E-state index contributed by atoms with van der Waals surface area (Å²) < 4.78 is 8.59. The van der Waals surface area contributed by atoms with Crippen LogP contribution in [0.15, 0.2) is 35.0 Å². The van der Waals surface area contributed by atoms with E-state index in [4.69, 9.17) is 0 Å². The van der Waals surface area contributed by atoms with Gasteiger partial charge in [-0.3, -0.25) is 4.79 Å². The Morgan fingerprint density at radius 1 is 1.14 bits per heavy atom. The Bertz CT molecular complexity index is 345. The van der Waals surface area contributed by atoms with Crippen molar-refractivity contribution >= 4 is 18.2 Å². The second kappa shape index (κ2) is 4.76. The Morgan fingerprint density at radius 2 is 1.79 bits per heavy atom. The molecule has 0 saturated carbocycles. The third kappa shape index (κ3) is 3.06. The average Bonchev–Trinajstić information content (AvgIpc) is 2.78. The quantitative estimate of drug-likeness (QED) is 0.374. The van der Waals surface area contributed by atoms with E-state index in [1.165, 1.54) is 6.26 Å². The largest absolute Gasteiger partial charge is 0.462 e. The predicted molar refractivity (Wildman–Crippen MR) is 44.3 cm³/mol. The van der Waals surface area contributed by atoms with E-state index in [-0.39, 0.29) is 0 Å². The van der Waals surface area contributed by atoms with Crippen molar-refractivity contribution in [3.05, 3.63) is 36.3 Å². The van der Waals surface area contributed by atoms with Gasteiger partial charge in [0.2, 0.25) is 0 Å². The number of rotatable bonds is 1. The number of furan rings is 1. The predicted octanol–water partition coefficient (Wildman–Crippen LogP) is 0.718. The summed E-state index contributed by atoms with van der Waals surface area (Å²) in [6.45, 7) is 0. The van der Waals surface area contributed by atoms with Gasteiger partial charge in [0, 0.05) is 12.2 Å². The monoisotopic (exact) mass is 194 g/mol. The fourth-order valence-corrected chi connectivity index (χ4v) is 0.662. The van der Waals surface area contributed by atoms with Crippen molar-refractivity contribution in [1.82, 2.24) is 0 Å². The van der Waals surface area contributed by atoms with Gasteiger partial charge in [0.25, 0.3) is 0 Å². The summed E-state index contributed by atoms with van der Waals surface area (Å²) in [6, 6.07) is 3.27. The van der Waals surface area contributed by atoms with Gasteiger partial charge in [-0.2, -0.15) is 0 Å². The number of carbonyl (C=O) groups excluding carboxylic acids is 3. The molecule has 0 spiro atoms. The summed E-state index contributed by atoms with van der Waals surface area (Å²) in [5.74, 6) is -0.782. The second-order valence-corrected chi connectivity index (χ2v) is 2.21. The number of cyclic esters (lactones) is 2. The first-order valence-corrected chi connectivity index (χ1v) is 3.65. The Labute approximate surface area is 79.0 Å². The van der Waals surface area contributed by atoms with Gasteiger partial charge in [0.1, 0.15) is 0 Å². The van der Waals surface area contributed by atoms with Crippen LogP contribution in [0.25, 0.3) is 0 Å². The number of carbonyl (C=O) groups is 3. The summed E-state index contributed by atoms with van der Waals surface area (Å²) in [6.07, 6.45) is 4.30. The van der Waals surface area contributed by atoms with E-state index in [1.54, 1.807) is 12.1 Å². The third-order valence-corrected chi connectivity index (χ3v) is 1.22. The van der Waals surface area contributed by atoms with E-state index in [9.17, 15) is 14.4 Å². The molecule has 0 aromatic carbocycles. The average molecular weight is 194 g/mol. The third-order valence-electron chi connectivity index (χ3n) is 1.22. The summed E-state index contributed by atoms with van der Waals surface area (Å²) in [5.41, 5.74) is 0. The van der Waals surface area contributed by atoms with Crippen molar-refractivity contribution in [2.24, 2.45) is 0 Å². The molecule has 5 heteroatoms. The maximum atomic E-state index is 9.92. The first-order chi connectivity index (χ1) is 6.72. The van der Waals surface area contributed by atoms with Crippen LogP contribution in [0.4, 0.5) is 0 Å². The highest BCUT2D eigenvalue weighted by Crippen LogP contribution is 1.93. The first-order valence-electron chi connectivity index (χ1n) is 3.65. The zero-order chi connectivity index (χ0) is 10.4. The molecule has 0 radical (unpaired) electrons. The highest BCUT2D eigenvalue weighted by atomic mass is 16.6. The van der Waals surface area contributed by atoms with E-state index in [0.717, 1.165) is 12.2 Å². The molecular formula is C9H6O5. The van der Waals surface area contributed by atoms with Crippen LogP contribution in [0.1, 0.15) is 10.6 Å². The minimum Gasteiger partial charge on any atom is -0.462 e. The number of hydrogen-bond acceptors (Lipinski definition) is 5. The van der Waals surface area contributed by atoms with Crippen molar-refractivity contribution in [1.29, 1.82) is 0 Å². The zero-order valence-electron chi connectivity index (χ0n) is 7.01. The fourth-order valence-electron chi connectivity index (χ4n) is 0.662. The van der Waals surface area contributed by atoms with Crippen LogP contribution in [-0.4, -0.2) is 18.2 Å². The molecule has 5 nitrogen and oxygen atoms in total. The van der Waals surface area contributed by atoms with Crippen molar-refractivity contribution < 1.29 is 23.5 Å². The van der Waals surface area contributed by atoms with Gasteiger partial charge in [-0.15, -0.1) is 0 Å². The minimum absolute atomic E-state index is 0.375. The fraction of sp³-hybridized carbons (Fsp3) is 0. The highest BCUT2D eigenvalue weighted by molar-refractivity contribution is 6.04. The molecule has 0 saturated heterocycles. The molecule has 1 aromatic heterocycles. The van der Waals surface area contributed by atoms with Crippen LogP contribution >= 0.6 is 0 Å². The van der Waals surface area contributed by atoms with E-state index < -0.39 is 11.9 Å². The topological polar surface area (TPSA) is 73.6 Å². The number of hydrogen-bond donors (Lipinski definition) is 0. The maximum absolute atomic E-state index is 9.92. The van der Waals surface area contributed by atoms with E-state index in [0.29, 0.717) is 12.0 Å². The molecule has 0 atom stereocenters. The molecule has 0 amide bonds. The lowest BCUT2D eigenvalue weighted by Crippen LogP contribution is -1.96. The van der Waals surface area contributed by atoms with E-state index in [1.807, 2.05) is 0 Å². The molecule has 1 aliphatic rings. The summed E-state index contributed by atoms with van der Waals surface area (Å²) in [5, 5.41) is 0. The molecule has 1 aromatic rings. The molecule has 1 aliphatic heterocycles. The molecule has 72 valence electrons. The van der Waals surface area contributed by atoms with Gasteiger partial charge in [0.15, 0.2) is 12.0 Å². The van der Waals surface area contributed by atoms with Crippen LogP contribution in [0.2, 0.25) is 0 Å². The highest BCUT2D eigenvalue weighted by Gasteiger charge is 2.10. The summed E-state index contributed by atoms with van der Waals surface area (Å²) >= 11 is 0. The van der Waals surface area contributed by atoms with Crippen molar-refractivity contribution in [2.45, 2.75) is 0 Å². The first kappa shape index (κ1) is 9.91. The lowest BCUT2D eigenvalue weighted by atomic mass is 10.5. The zero-order valence-corrected chi connectivity index (χ0v) is 7.01. The Balaban J connectivity index is 0.000000140. The van der Waals surface area contributed by atoms with E-state index in [2.05, 4.69) is 9.15 Å². The van der Waals surface area contributed by atoms with Crippen LogP contribution in [0.5, 0.6) is 0 Å². The SMILES string of the molecule is O=C1C=CC(=O)O1.O=Cc1ccco1. The normalized spacial score (nSPS) is 13.1. The Hall–Kier alpha value is -2.17. The second-order valence-electron chi connectivity index (χ2n) is 2.21. The van der Waals surface area contributed by atoms with Crippen LogP contribution in [-0.2, 0) is 14.3 Å². The number of aldehydes is 1. The van der Waals surface area contributed by atoms with Gasteiger partial charge >= 0.3 is 11.9 Å². The van der Waals surface area contributed by atoms with Crippen LogP contribution in [0, 0.1) is 0 Å². The molecule has 2 heterocycles. The van der Waals surface area contributed by atoms with Gasteiger partial charge in [-0.25, -0.2) is 9.59 Å². The molecule has 14 heavy (non-hydrogen) atoms. The van der Waals surface area contributed by atoms with Crippen LogP contribution in [0.3, 0.4) is 0 Å². The Kier molecular flexibility index (Phi) is 3.37. The van der Waals surface area contributed by atoms with Crippen molar-refractivity contribution in [3.63, 3.8) is 0 Å². The standard InChI is InChI=1S/C5H4O2.C4H2O3/c6-4-5-2-1-3-7-5;5-3-1-2-4(6)7-3/h1-4H;1-2H. The number of esters is 2. The van der Waals surface area contributed by atoms with E-state index >= 15 is 0 Å². The summed E-state index contributed by atoms with van der Waals surface area (Å²) in [7, 11) is 0. The molecule has 0 N–H and O–H groups in total. The van der Waals surface area contributed by atoms with Crippen LogP contribution < -0.4 is 0 Å². The van der Waals surface area contributed by atoms with Gasteiger partial charge in [-0.1, -0.05) is 0 Å².